The Morgan fingerprint density at radius 1 is 1.30 bits per heavy atom. The summed E-state index contributed by atoms with van der Waals surface area (Å²) in [5.74, 6) is 0. The highest BCUT2D eigenvalue weighted by Gasteiger charge is 2.22. The van der Waals surface area contributed by atoms with Gasteiger partial charge < -0.3 is 20.3 Å². The predicted molar refractivity (Wildman–Crippen MR) is 79.9 cm³/mol. The fourth-order valence-corrected chi connectivity index (χ4v) is 2.47. The maximum atomic E-state index is 11.7. The molecule has 2 rings (SSSR count). The van der Waals surface area contributed by atoms with E-state index in [-0.39, 0.29) is 6.09 Å². The summed E-state index contributed by atoms with van der Waals surface area (Å²) in [6, 6.07) is 6.36. The summed E-state index contributed by atoms with van der Waals surface area (Å²) < 4.78 is 5.03. The van der Waals surface area contributed by atoms with E-state index >= 15 is 0 Å². The van der Waals surface area contributed by atoms with Gasteiger partial charge in [-0.2, -0.15) is 0 Å². The zero-order chi connectivity index (χ0) is 14.5. The number of carbonyl (C=O) groups is 1. The molecule has 1 heterocycles. The fourth-order valence-electron chi connectivity index (χ4n) is 2.47. The molecule has 0 spiro atoms. The number of ether oxygens (including phenoxy) is 1. The number of carbonyl (C=O) groups excluding carboxylic acids is 1. The lowest BCUT2D eigenvalue weighted by molar-refractivity contribution is 0.105. The Morgan fingerprint density at radius 3 is 2.55 bits per heavy atom. The Bertz CT molecular complexity index is 468. The van der Waals surface area contributed by atoms with Crippen LogP contribution in [0.4, 0.5) is 10.5 Å². The minimum atomic E-state index is -0.207. The van der Waals surface area contributed by atoms with Crippen LogP contribution in [0.1, 0.15) is 18.1 Å². The van der Waals surface area contributed by atoms with Crippen molar-refractivity contribution in [1.29, 1.82) is 0 Å². The zero-order valence-electron chi connectivity index (χ0n) is 12.3. The standard InChI is InChI=1S/C15H23N3O2/c1-3-20-15(19)18-8-6-17(7-9-18)14-5-4-13(11-16)12(2)10-14/h4-5,10H,3,6-9,11,16H2,1-2H3. The molecule has 1 fully saturated rings. The Morgan fingerprint density at radius 2 is 2.00 bits per heavy atom. The smallest absolute Gasteiger partial charge is 0.409 e. The first-order valence-corrected chi connectivity index (χ1v) is 7.12. The van der Waals surface area contributed by atoms with Crippen LogP contribution in [0.15, 0.2) is 18.2 Å². The lowest BCUT2D eigenvalue weighted by Gasteiger charge is -2.35. The molecule has 1 aromatic carbocycles. The largest absolute Gasteiger partial charge is 0.450 e. The van der Waals surface area contributed by atoms with Gasteiger partial charge in [0.2, 0.25) is 0 Å². The van der Waals surface area contributed by atoms with Crippen molar-refractivity contribution < 1.29 is 9.53 Å². The van der Waals surface area contributed by atoms with Crippen molar-refractivity contribution in [3.63, 3.8) is 0 Å². The molecule has 2 N–H and O–H groups in total. The van der Waals surface area contributed by atoms with Gasteiger partial charge in [0.25, 0.3) is 0 Å². The average molecular weight is 277 g/mol. The highest BCUT2D eigenvalue weighted by atomic mass is 16.6. The molecule has 1 saturated heterocycles. The molecule has 1 aliphatic rings. The fraction of sp³-hybridized carbons (Fsp3) is 0.533. The molecule has 0 aliphatic carbocycles. The second-order valence-electron chi connectivity index (χ2n) is 4.99. The third-order valence-corrected chi connectivity index (χ3v) is 3.72. The van der Waals surface area contributed by atoms with Gasteiger partial charge in [-0.15, -0.1) is 0 Å². The summed E-state index contributed by atoms with van der Waals surface area (Å²) in [4.78, 5) is 15.7. The monoisotopic (exact) mass is 277 g/mol. The Balaban J connectivity index is 1.97. The molecule has 5 nitrogen and oxygen atoms in total. The number of amides is 1. The van der Waals surface area contributed by atoms with Crippen LogP contribution >= 0.6 is 0 Å². The van der Waals surface area contributed by atoms with Crippen molar-refractivity contribution >= 4 is 11.8 Å². The zero-order valence-corrected chi connectivity index (χ0v) is 12.3. The molecule has 110 valence electrons. The van der Waals surface area contributed by atoms with Gasteiger partial charge in [-0.25, -0.2) is 4.79 Å². The maximum absolute atomic E-state index is 11.7. The second kappa shape index (κ2) is 6.61. The van der Waals surface area contributed by atoms with Crippen molar-refractivity contribution in [3.05, 3.63) is 29.3 Å². The normalized spacial score (nSPS) is 15.3. The molecule has 0 radical (unpaired) electrons. The van der Waals surface area contributed by atoms with Crippen molar-refractivity contribution in [2.75, 3.05) is 37.7 Å². The average Bonchev–Trinajstić information content (AvgIpc) is 2.47. The first-order valence-electron chi connectivity index (χ1n) is 7.12. The molecule has 5 heteroatoms. The van der Waals surface area contributed by atoms with Gasteiger partial charge in [0.15, 0.2) is 0 Å². The molecule has 0 unspecified atom stereocenters. The van der Waals surface area contributed by atoms with Crippen molar-refractivity contribution in [2.24, 2.45) is 5.73 Å². The maximum Gasteiger partial charge on any atom is 0.409 e. The van der Waals surface area contributed by atoms with Crippen LogP contribution in [0, 0.1) is 6.92 Å². The lowest BCUT2D eigenvalue weighted by Crippen LogP contribution is -2.49. The Labute approximate surface area is 120 Å². The summed E-state index contributed by atoms with van der Waals surface area (Å²) in [6.45, 7) is 7.99. The van der Waals surface area contributed by atoms with Gasteiger partial charge in [-0.1, -0.05) is 6.07 Å². The van der Waals surface area contributed by atoms with Crippen LogP contribution in [-0.4, -0.2) is 43.8 Å². The number of aryl methyl sites for hydroxylation is 1. The van der Waals surface area contributed by atoms with Gasteiger partial charge >= 0.3 is 6.09 Å². The third kappa shape index (κ3) is 3.22. The van der Waals surface area contributed by atoms with Crippen molar-refractivity contribution in [2.45, 2.75) is 20.4 Å². The Hall–Kier alpha value is -1.75. The highest BCUT2D eigenvalue weighted by molar-refractivity contribution is 5.68. The van der Waals surface area contributed by atoms with E-state index < -0.39 is 0 Å². The van der Waals surface area contributed by atoms with E-state index in [0.717, 1.165) is 13.1 Å². The molecule has 0 saturated carbocycles. The van der Waals surface area contributed by atoms with Crippen molar-refractivity contribution in [1.82, 2.24) is 4.90 Å². The van der Waals surface area contributed by atoms with E-state index in [1.165, 1.54) is 16.8 Å². The van der Waals surface area contributed by atoms with Gasteiger partial charge in [-0.05, 0) is 37.1 Å². The van der Waals surface area contributed by atoms with Gasteiger partial charge in [0, 0.05) is 38.4 Å². The number of anilines is 1. The van der Waals surface area contributed by atoms with Crippen LogP contribution in [0.3, 0.4) is 0 Å². The molecule has 0 bridgehead atoms. The lowest BCUT2D eigenvalue weighted by atomic mass is 10.1. The quantitative estimate of drug-likeness (QED) is 0.914. The number of hydrogen-bond acceptors (Lipinski definition) is 4. The van der Waals surface area contributed by atoms with Gasteiger partial charge in [-0.3, -0.25) is 0 Å². The third-order valence-electron chi connectivity index (χ3n) is 3.72. The first-order chi connectivity index (χ1) is 9.65. The molecule has 0 atom stereocenters. The number of rotatable bonds is 3. The summed E-state index contributed by atoms with van der Waals surface area (Å²) >= 11 is 0. The molecular weight excluding hydrogens is 254 g/mol. The SMILES string of the molecule is CCOC(=O)N1CCN(c2ccc(CN)c(C)c2)CC1. The second-order valence-corrected chi connectivity index (χ2v) is 4.99. The highest BCUT2D eigenvalue weighted by Crippen LogP contribution is 2.20. The van der Waals surface area contributed by atoms with E-state index in [1.54, 1.807) is 4.90 Å². The van der Waals surface area contributed by atoms with Gasteiger partial charge in [0.05, 0.1) is 6.61 Å². The first kappa shape index (κ1) is 14.7. The van der Waals surface area contributed by atoms with Crippen molar-refractivity contribution in [3.8, 4) is 0 Å². The van der Waals surface area contributed by atoms with Crippen LogP contribution in [0.25, 0.3) is 0 Å². The molecule has 20 heavy (non-hydrogen) atoms. The van der Waals surface area contributed by atoms with E-state index in [9.17, 15) is 4.79 Å². The predicted octanol–water partition coefficient (Wildman–Crippen LogP) is 1.73. The number of piperazine rings is 1. The number of nitrogens with two attached hydrogens (primary N) is 1. The van der Waals surface area contributed by atoms with Gasteiger partial charge in [0.1, 0.15) is 0 Å². The minimum absolute atomic E-state index is 0.207. The minimum Gasteiger partial charge on any atom is -0.450 e. The summed E-state index contributed by atoms with van der Waals surface area (Å²) in [7, 11) is 0. The van der Waals surface area contributed by atoms with Crippen LogP contribution < -0.4 is 10.6 Å². The number of nitrogens with zero attached hydrogens (tertiary/aromatic N) is 2. The molecule has 1 amide bonds. The molecular formula is C15H23N3O2. The van der Waals surface area contributed by atoms with Crippen LogP contribution in [0.2, 0.25) is 0 Å². The van der Waals surface area contributed by atoms with E-state index in [4.69, 9.17) is 10.5 Å². The summed E-state index contributed by atoms with van der Waals surface area (Å²) in [5, 5.41) is 0. The summed E-state index contributed by atoms with van der Waals surface area (Å²) in [6.07, 6.45) is -0.207. The van der Waals surface area contributed by atoms with E-state index in [0.29, 0.717) is 26.2 Å². The Kier molecular flexibility index (Phi) is 4.84. The van der Waals surface area contributed by atoms with E-state index in [2.05, 4.69) is 30.0 Å². The van der Waals surface area contributed by atoms with Crippen LogP contribution in [0.5, 0.6) is 0 Å². The number of hydrogen-bond donors (Lipinski definition) is 1. The molecule has 1 aliphatic heterocycles. The molecule has 1 aromatic rings. The topological polar surface area (TPSA) is 58.8 Å². The van der Waals surface area contributed by atoms with Crippen LogP contribution in [-0.2, 0) is 11.3 Å². The number of benzene rings is 1. The summed E-state index contributed by atoms with van der Waals surface area (Å²) in [5.41, 5.74) is 9.28. The molecule has 0 aromatic heterocycles. The van der Waals surface area contributed by atoms with E-state index in [1.807, 2.05) is 6.92 Å².